The first-order chi connectivity index (χ1) is 50.8. The van der Waals surface area contributed by atoms with Crippen LogP contribution in [0.3, 0.4) is 0 Å². The van der Waals surface area contributed by atoms with Crippen molar-refractivity contribution in [2.24, 2.45) is 0 Å². The van der Waals surface area contributed by atoms with Crippen LogP contribution < -0.4 is 24.5 Å². The van der Waals surface area contributed by atoms with Crippen molar-refractivity contribution >= 4 is 97.2 Å². The van der Waals surface area contributed by atoms with Gasteiger partial charge in [0.15, 0.2) is 5.78 Å². The molecule has 11 nitrogen and oxygen atoms in total. The number of rotatable bonds is 0. The lowest BCUT2D eigenvalue weighted by atomic mass is 9.76. The largest absolute Gasteiger partial charge is 0.356 e. The summed E-state index contributed by atoms with van der Waals surface area (Å²) in [4.78, 5) is 36.2. The Labute approximate surface area is 624 Å². The zero-order valence-electron chi connectivity index (χ0n) is 62.1. The van der Waals surface area contributed by atoms with Gasteiger partial charge in [0.25, 0.3) is 0 Å². The van der Waals surface area contributed by atoms with Crippen LogP contribution >= 0.6 is 22.7 Å². The smallest absolute Gasteiger partial charge is 0.185 e. The molecule has 0 spiro atoms. The Balaban J connectivity index is 0.0000000872. The van der Waals surface area contributed by atoms with Crippen LogP contribution in [0, 0.1) is 0 Å². The van der Waals surface area contributed by atoms with Crippen LogP contribution in [0.15, 0.2) is 229 Å². The molecular weight excluding hydrogens is 1330 g/mol. The molecule has 9 aromatic carbocycles. The van der Waals surface area contributed by atoms with E-state index < -0.39 is 0 Å². The van der Waals surface area contributed by atoms with Crippen LogP contribution in [-0.2, 0) is 50.4 Å². The molecule has 0 fully saturated rings. The van der Waals surface area contributed by atoms with Crippen molar-refractivity contribution in [3.05, 3.63) is 291 Å². The Kier molecular flexibility index (Phi) is 14.4. The van der Waals surface area contributed by atoms with Crippen molar-refractivity contribution in [1.82, 2.24) is 24.5 Å². The number of nitrogens with zero attached hydrogens (tertiary/aromatic N) is 10. The summed E-state index contributed by atoms with van der Waals surface area (Å²) in [6.07, 6.45) is 25.0. The van der Waals surface area contributed by atoms with E-state index in [0.717, 1.165) is 56.1 Å². The molecule has 11 aromatic rings. The van der Waals surface area contributed by atoms with Crippen LogP contribution in [0.5, 0.6) is 0 Å². The third-order valence-electron chi connectivity index (χ3n) is 25.7. The highest BCUT2D eigenvalue weighted by molar-refractivity contribution is 7.26. The molecule has 0 amide bonds. The summed E-state index contributed by atoms with van der Waals surface area (Å²) in [5.41, 5.74) is 34.6. The van der Waals surface area contributed by atoms with Crippen molar-refractivity contribution in [2.75, 3.05) is 59.7 Å². The third kappa shape index (κ3) is 9.75. The van der Waals surface area contributed by atoms with Gasteiger partial charge in [-0.05, 0) is 192 Å². The molecule has 0 radical (unpaired) electrons. The Morgan fingerprint density at radius 3 is 1.44 bits per heavy atom. The van der Waals surface area contributed by atoms with E-state index in [0.29, 0.717) is 30.8 Å². The molecule has 3 aliphatic carbocycles. The second kappa shape index (κ2) is 23.5. The average Bonchev–Trinajstić information content (AvgIpc) is 1.56. The normalized spacial score (nSPS) is 21.5. The van der Waals surface area contributed by atoms with Crippen molar-refractivity contribution < 1.29 is 4.79 Å². The molecule has 24 rings (SSSR count). The standard InChI is InChI=1S/2C19H18N2.C18H20N2O.2C18H16N2S/c1-12-11-21-18-10-17-14(7-13-5-3-4-6-16(13)17)8-15(18)9-19(21)20(12)2;1-12-11-21-17-8-7-14-9-13-5-3-4-6-15(13)19(14)16(17)10-18(21)20(12)2;1-11-10-20-15-9-14-13(16(21)5-6-18(14,2)3)7-12(15)8-17(20)19(11)4;1-11-10-20-15-9-14-13-5-3-4-6-16(13)21-17(14)7-12(15)8-18(20)19(11)2;1-11-10-20-14-7-8-16-18(13(14)9-17(20)19(11)2)12-5-3-4-6-15(12)21-16/h3-6,8,10-11,19H,7,9H2,1-2H3;3-8,11,18H,9-10H2,1-2H3;5-7,9-10,17H,8H2,1-4H3;3-7,9-10,18H,8H2,1-2H3;3-8,10,17H,9H2,1-2H3. The predicted octanol–water partition coefficient (Wildman–Crippen LogP) is 19.8. The van der Waals surface area contributed by atoms with Gasteiger partial charge >= 0.3 is 0 Å². The van der Waals surface area contributed by atoms with Gasteiger partial charge in [-0.25, -0.2) is 0 Å². The van der Waals surface area contributed by atoms with E-state index in [1.807, 2.05) is 28.7 Å². The van der Waals surface area contributed by atoms with Gasteiger partial charge in [0.2, 0.25) is 0 Å². The van der Waals surface area contributed by atoms with Crippen molar-refractivity contribution in [3.63, 3.8) is 0 Å². The fourth-order valence-corrected chi connectivity index (χ4v) is 21.7. The number of benzene rings is 9. The molecule has 10 aliphatic heterocycles. The molecule has 524 valence electrons. The molecule has 13 heteroatoms. The van der Waals surface area contributed by atoms with Gasteiger partial charge in [0.05, 0.1) is 0 Å². The Morgan fingerprint density at radius 2 is 0.810 bits per heavy atom. The molecule has 13 aliphatic rings. The first-order valence-corrected chi connectivity index (χ1v) is 39.2. The first kappa shape index (κ1) is 64.2. The summed E-state index contributed by atoms with van der Waals surface area (Å²) in [6, 6.07) is 58.5. The first-order valence-electron chi connectivity index (χ1n) is 37.5. The number of carbonyl (C=O) groups excluding carboxylic acids is 1. The van der Waals surface area contributed by atoms with E-state index >= 15 is 0 Å². The minimum Gasteiger partial charge on any atom is -0.356 e. The topological polar surface area (TPSA) is 49.5 Å². The molecule has 0 saturated heterocycles. The average molecular weight is 1410 g/mol. The van der Waals surface area contributed by atoms with Crippen LogP contribution in [0.25, 0.3) is 62.6 Å². The highest BCUT2D eigenvalue weighted by Crippen LogP contribution is 2.52. The highest BCUT2D eigenvalue weighted by atomic mass is 32.1. The van der Waals surface area contributed by atoms with E-state index in [4.69, 9.17) is 0 Å². The maximum absolute atomic E-state index is 12.2. The van der Waals surface area contributed by atoms with E-state index in [9.17, 15) is 4.79 Å². The number of fused-ring (bicyclic) bond motifs is 30. The van der Waals surface area contributed by atoms with Gasteiger partial charge < -0.3 is 49.0 Å². The quantitative estimate of drug-likeness (QED) is 0.146. The van der Waals surface area contributed by atoms with Gasteiger partial charge in [-0.2, -0.15) is 0 Å². The zero-order valence-corrected chi connectivity index (χ0v) is 63.7. The SMILES string of the molecule is CC1=CN2c3cc4c(cc3CC2N1C)C(=O)C=CC4(C)C.CC1=CN2c3cc4c(cc3CC2N1C)Cc1ccccc1-4.CC1=CN2c3cc4c(cc3CC2N1C)sc1ccccc14.CC1=CN2c3ccc4c(c3CC2N1C)-c1ccccc1C4.CC1=CN2c3ccc4sc5ccccc5c4c3CC2N1C. The lowest BCUT2D eigenvalue weighted by molar-refractivity contribution is 0.104. The van der Waals surface area contributed by atoms with Crippen LogP contribution in [0.1, 0.15) is 114 Å². The van der Waals surface area contributed by atoms with Crippen LogP contribution in [-0.4, -0.2) is 96.4 Å². The molecule has 12 heterocycles. The molecule has 2 aromatic heterocycles. The van der Waals surface area contributed by atoms with Gasteiger partial charge in [0.1, 0.15) is 30.8 Å². The molecule has 105 heavy (non-hydrogen) atoms. The third-order valence-corrected chi connectivity index (χ3v) is 28.0. The number of thiophene rings is 2. The molecule has 0 bridgehead atoms. The summed E-state index contributed by atoms with van der Waals surface area (Å²) in [6.45, 7) is 15.3. The molecule has 0 N–H and O–H groups in total. The summed E-state index contributed by atoms with van der Waals surface area (Å²) >= 11 is 3.82. The van der Waals surface area contributed by atoms with Crippen molar-refractivity contribution in [2.45, 2.75) is 130 Å². The van der Waals surface area contributed by atoms with E-state index in [2.05, 4.69) is 321 Å². The predicted molar refractivity (Wildman–Crippen MR) is 438 cm³/mol. The minimum absolute atomic E-state index is 0.0826. The Hall–Kier alpha value is -10.5. The van der Waals surface area contributed by atoms with Gasteiger partial charge in [0, 0.05) is 207 Å². The molecule has 5 unspecified atom stereocenters. The van der Waals surface area contributed by atoms with Gasteiger partial charge in [-0.15, -0.1) is 22.7 Å². The maximum Gasteiger partial charge on any atom is 0.185 e. The Morgan fingerprint density at radius 1 is 0.352 bits per heavy atom. The van der Waals surface area contributed by atoms with Crippen molar-refractivity contribution in [1.29, 1.82) is 0 Å². The summed E-state index contributed by atoms with van der Waals surface area (Å²) < 4.78 is 5.62. The van der Waals surface area contributed by atoms with Crippen molar-refractivity contribution in [3.8, 4) is 22.3 Å². The monoisotopic (exact) mass is 1410 g/mol. The number of ketones is 1. The number of allylic oxidation sites excluding steroid dienone is 7. The number of likely N-dealkylation sites (N-methyl/N-ethyl adjacent to an activating group) is 5. The minimum atomic E-state index is -0.0826. The highest BCUT2D eigenvalue weighted by Gasteiger charge is 2.43. The lowest BCUT2D eigenvalue weighted by Gasteiger charge is -2.29. The lowest BCUT2D eigenvalue weighted by Crippen LogP contribution is -2.34. The van der Waals surface area contributed by atoms with Crippen LogP contribution in [0.4, 0.5) is 28.4 Å². The Bertz CT molecular complexity index is 5800. The van der Waals surface area contributed by atoms with E-state index in [-0.39, 0.29) is 11.2 Å². The second-order valence-corrected chi connectivity index (χ2v) is 34.0. The molecule has 0 saturated carbocycles. The van der Waals surface area contributed by atoms with Gasteiger partial charge in [-0.3, -0.25) is 4.79 Å². The summed E-state index contributed by atoms with van der Waals surface area (Å²) in [5.74, 6) is 0.138. The number of hydrogen-bond donors (Lipinski definition) is 0. The van der Waals surface area contributed by atoms with Gasteiger partial charge in [-0.1, -0.05) is 117 Å². The zero-order chi connectivity index (χ0) is 71.5. The summed E-state index contributed by atoms with van der Waals surface area (Å²) in [7, 11) is 10.9. The summed E-state index contributed by atoms with van der Waals surface area (Å²) in [5, 5.41) is 5.67. The van der Waals surface area contributed by atoms with Crippen LogP contribution in [0.2, 0.25) is 0 Å². The fraction of sp³-hybridized carbons (Fsp3) is 0.272. The molecular formula is C92H88N10OS2. The van der Waals surface area contributed by atoms with E-state index in [1.165, 1.54) is 170 Å². The fourth-order valence-electron chi connectivity index (χ4n) is 19.4. The number of hydrogen-bond acceptors (Lipinski definition) is 13. The number of carbonyl (C=O) groups is 1. The molecule has 5 atom stereocenters. The maximum atomic E-state index is 12.2. The van der Waals surface area contributed by atoms with E-state index in [1.54, 1.807) is 6.08 Å². The second-order valence-electron chi connectivity index (χ2n) is 31.8. The number of anilines is 5.